The SMILES string of the molecule is CC(=O)CB(O)O. The van der Waals surface area contributed by atoms with Gasteiger partial charge in [-0.3, -0.25) is 0 Å². The topological polar surface area (TPSA) is 57.5 Å². The molecule has 0 atom stereocenters. The van der Waals surface area contributed by atoms with E-state index in [9.17, 15) is 4.79 Å². The lowest BCUT2D eigenvalue weighted by Crippen LogP contribution is -2.13. The Morgan fingerprint density at radius 2 is 2.14 bits per heavy atom. The molecular weight excluding hydrogens is 94.8 g/mol. The lowest BCUT2D eigenvalue weighted by atomic mass is 9.84. The van der Waals surface area contributed by atoms with Crippen LogP contribution in [0.5, 0.6) is 0 Å². The highest BCUT2D eigenvalue weighted by atomic mass is 16.4. The van der Waals surface area contributed by atoms with Crippen molar-refractivity contribution in [3.05, 3.63) is 0 Å². The molecule has 0 aromatic carbocycles. The normalized spacial score (nSPS) is 8.43. The summed E-state index contributed by atoms with van der Waals surface area (Å²) in [6.07, 6.45) is -0.167. The largest absolute Gasteiger partial charge is 0.459 e. The highest BCUT2D eigenvalue weighted by Gasteiger charge is 2.07. The predicted molar refractivity (Wildman–Crippen MR) is 25.7 cm³/mol. The molecule has 0 heterocycles. The van der Waals surface area contributed by atoms with Gasteiger partial charge in [0, 0.05) is 6.32 Å². The van der Waals surface area contributed by atoms with Gasteiger partial charge >= 0.3 is 7.12 Å². The van der Waals surface area contributed by atoms with E-state index in [2.05, 4.69) is 0 Å². The molecule has 0 saturated carbocycles. The van der Waals surface area contributed by atoms with Crippen LogP contribution in [-0.4, -0.2) is 22.9 Å². The lowest BCUT2D eigenvalue weighted by molar-refractivity contribution is -0.115. The van der Waals surface area contributed by atoms with E-state index in [1.807, 2.05) is 0 Å². The van der Waals surface area contributed by atoms with Crippen molar-refractivity contribution in [1.29, 1.82) is 0 Å². The van der Waals surface area contributed by atoms with Gasteiger partial charge in [-0.2, -0.15) is 0 Å². The van der Waals surface area contributed by atoms with Crippen molar-refractivity contribution in [2.75, 3.05) is 0 Å². The number of ketones is 1. The summed E-state index contributed by atoms with van der Waals surface area (Å²) >= 11 is 0. The molecule has 0 aromatic heterocycles. The Bertz CT molecular complexity index is 70.6. The van der Waals surface area contributed by atoms with Crippen LogP contribution < -0.4 is 0 Å². The Kier molecular flexibility index (Phi) is 2.63. The molecule has 0 aliphatic heterocycles. The first-order valence-electron chi connectivity index (χ1n) is 1.98. The zero-order valence-electron chi connectivity index (χ0n) is 4.09. The lowest BCUT2D eigenvalue weighted by Gasteiger charge is -1.87. The zero-order valence-corrected chi connectivity index (χ0v) is 4.09. The summed E-state index contributed by atoms with van der Waals surface area (Å²) in [5, 5.41) is 16.1. The van der Waals surface area contributed by atoms with E-state index < -0.39 is 7.12 Å². The van der Waals surface area contributed by atoms with Crippen molar-refractivity contribution in [2.24, 2.45) is 0 Å². The molecule has 0 spiro atoms. The monoisotopic (exact) mass is 102 g/mol. The summed E-state index contributed by atoms with van der Waals surface area (Å²) in [6, 6.07) is 0. The van der Waals surface area contributed by atoms with E-state index in [0.29, 0.717) is 0 Å². The van der Waals surface area contributed by atoms with Crippen LogP contribution in [0.1, 0.15) is 6.92 Å². The second-order valence-electron chi connectivity index (χ2n) is 1.39. The van der Waals surface area contributed by atoms with E-state index in [1.165, 1.54) is 6.92 Å². The highest BCUT2D eigenvalue weighted by Crippen LogP contribution is 1.82. The molecule has 40 valence electrons. The molecule has 7 heavy (non-hydrogen) atoms. The number of rotatable bonds is 2. The van der Waals surface area contributed by atoms with Crippen LogP contribution >= 0.6 is 0 Å². The minimum atomic E-state index is -1.47. The van der Waals surface area contributed by atoms with Gasteiger partial charge in [-0.05, 0) is 6.92 Å². The van der Waals surface area contributed by atoms with E-state index in [4.69, 9.17) is 10.0 Å². The first kappa shape index (κ1) is 6.65. The van der Waals surface area contributed by atoms with Gasteiger partial charge in [-0.25, -0.2) is 0 Å². The van der Waals surface area contributed by atoms with Gasteiger partial charge in [0.1, 0.15) is 5.78 Å². The molecule has 0 radical (unpaired) electrons. The molecule has 0 aliphatic rings. The van der Waals surface area contributed by atoms with Crippen molar-refractivity contribution >= 4 is 12.9 Å². The van der Waals surface area contributed by atoms with Crippen molar-refractivity contribution < 1.29 is 14.8 Å². The molecule has 0 saturated heterocycles. The molecule has 3 nitrogen and oxygen atoms in total. The zero-order chi connectivity index (χ0) is 5.86. The van der Waals surface area contributed by atoms with E-state index >= 15 is 0 Å². The van der Waals surface area contributed by atoms with Crippen molar-refractivity contribution in [1.82, 2.24) is 0 Å². The molecular formula is C3H7BO3. The molecule has 0 aromatic rings. The standard InChI is InChI=1S/C3H7BO3/c1-3(5)2-4(6)7/h6-7H,2H2,1H3. The fourth-order valence-corrected chi connectivity index (χ4v) is 0.257. The van der Waals surface area contributed by atoms with Crippen molar-refractivity contribution in [3.8, 4) is 0 Å². The molecule has 4 heteroatoms. The Hall–Kier alpha value is -0.345. The van der Waals surface area contributed by atoms with Crippen LogP contribution in [0.4, 0.5) is 0 Å². The Balaban J connectivity index is 3.13. The van der Waals surface area contributed by atoms with Gasteiger partial charge in [-0.1, -0.05) is 0 Å². The number of hydrogen-bond acceptors (Lipinski definition) is 3. The van der Waals surface area contributed by atoms with Crippen LogP contribution in [0, 0.1) is 0 Å². The summed E-state index contributed by atoms with van der Waals surface area (Å²) < 4.78 is 0. The molecule has 0 amide bonds. The van der Waals surface area contributed by atoms with E-state index in [0.717, 1.165) is 0 Å². The van der Waals surface area contributed by atoms with E-state index in [1.54, 1.807) is 0 Å². The summed E-state index contributed by atoms with van der Waals surface area (Å²) in [6.45, 7) is 1.30. The average Bonchev–Trinajstić information content (AvgIpc) is 1.27. The maximum atomic E-state index is 9.93. The minimum Gasteiger partial charge on any atom is -0.427 e. The highest BCUT2D eigenvalue weighted by molar-refractivity contribution is 6.46. The summed E-state index contributed by atoms with van der Waals surface area (Å²) in [5.74, 6) is -0.213. The molecule has 0 unspecified atom stereocenters. The summed E-state index contributed by atoms with van der Waals surface area (Å²) in [5.41, 5.74) is 0. The van der Waals surface area contributed by atoms with Crippen molar-refractivity contribution in [3.63, 3.8) is 0 Å². The molecule has 2 N–H and O–H groups in total. The van der Waals surface area contributed by atoms with Gasteiger partial charge < -0.3 is 14.8 Å². The van der Waals surface area contributed by atoms with Gasteiger partial charge in [0.05, 0.1) is 0 Å². The maximum absolute atomic E-state index is 9.93. The van der Waals surface area contributed by atoms with Crippen LogP contribution in [0.25, 0.3) is 0 Å². The number of Topliss-reactive ketones (excluding diaryl/α,β-unsaturated/α-hetero) is 1. The van der Waals surface area contributed by atoms with Crippen LogP contribution in [-0.2, 0) is 4.79 Å². The third-order valence-corrected chi connectivity index (χ3v) is 0.470. The van der Waals surface area contributed by atoms with Gasteiger partial charge in [0.25, 0.3) is 0 Å². The first-order chi connectivity index (χ1) is 3.13. The fraction of sp³-hybridized carbons (Fsp3) is 0.667. The second kappa shape index (κ2) is 2.77. The Morgan fingerprint density at radius 1 is 1.71 bits per heavy atom. The third kappa shape index (κ3) is 5.65. The summed E-state index contributed by atoms with van der Waals surface area (Å²) in [4.78, 5) is 9.93. The average molecular weight is 102 g/mol. The number of carbonyl (C=O) groups is 1. The van der Waals surface area contributed by atoms with Gasteiger partial charge in [0.15, 0.2) is 0 Å². The van der Waals surface area contributed by atoms with Crippen LogP contribution in [0.2, 0.25) is 6.32 Å². The Morgan fingerprint density at radius 3 is 2.14 bits per heavy atom. The van der Waals surface area contributed by atoms with Crippen molar-refractivity contribution in [2.45, 2.75) is 13.2 Å². The molecule has 0 fully saturated rings. The number of carbonyl (C=O) groups excluding carboxylic acids is 1. The maximum Gasteiger partial charge on any atom is 0.459 e. The third-order valence-electron chi connectivity index (χ3n) is 0.470. The predicted octanol–water partition coefficient (Wildman–Crippen LogP) is -0.952. The second-order valence-corrected chi connectivity index (χ2v) is 1.39. The minimum absolute atomic E-state index is 0.167. The van der Waals surface area contributed by atoms with Crippen LogP contribution in [0.15, 0.2) is 0 Å². The summed E-state index contributed by atoms with van der Waals surface area (Å²) in [7, 11) is -1.47. The molecule has 0 aliphatic carbocycles. The number of hydrogen-bond donors (Lipinski definition) is 2. The molecule has 0 bridgehead atoms. The first-order valence-corrected chi connectivity index (χ1v) is 1.98. The van der Waals surface area contributed by atoms with Gasteiger partial charge in [0.2, 0.25) is 0 Å². The Labute approximate surface area is 42.1 Å². The fourth-order valence-electron chi connectivity index (χ4n) is 0.257. The quantitative estimate of drug-likeness (QED) is 0.442. The smallest absolute Gasteiger partial charge is 0.427 e. The van der Waals surface area contributed by atoms with Crippen LogP contribution in [0.3, 0.4) is 0 Å². The molecule has 0 rings (SSSR count). The van der Waals surface area contributed by atoms with Gasteiger partial charge in [-0.15, -0.1) is 0 Å². The van der Waals surface area contributed by atoms with E-state index in [-0.39, 0.29) is 12.1 Å².